The SMILES string of the molecule is C[C@H](C(=O)Nc1cccc2c(=O)n([C@@H](C(N)=O)c3ccccc3)ccc12)c1ccc(Cl)cc1.NC(=O)[C@@H](c1ccccc1)n1ccc2c(N)cccc2c1=O.NC(=O)[C@@H](c1ccccc1)n1ccc2c([N+](=O)[O-])cccc2c1=O.O=c1occc2c([N+](=O)[O-])cccc12. The number of aromatic nitrogens is 3. The summed E-state index contributed by atoms with van der Waals surface area (Å²) in [6.07, 6.45) is 5.60. The van der Waals surface area contributed by atoms with Gasteiger partial charge in [0, 0.05) is 68.7 Å². The Hall–Kier alpha value is -12.6. The molecule has 23 nitrogen and oxygen atoms in total. The van der Waals surface area contributed by atoms with Crippen LogP contribution in [0.2, 0.25) is 5.02 Å². The molecule has 0 fully saturated rings. The molecule has 8 aromatic carbocycles. The Kier molecular flexibility index (Phi) is 20.0. The Balaban J connectivity index is 0.000000152. The van der Waals surface area contributed by atoms with Gasteiger partial charge in [0.05, 0.1) is 43.6 Å². The van der Waals surface area contributed by atoms with E-state index in [9.17, 15) is 58.6 Å². The van der Waals surface area contributed by atoms with Crippen molar-refractivity contribution in [3.8, 4) is 0 Å². The van der Waals surface area contributed by atoms with Crippen LogP contribution in [-0.4, -0.2) is 47.2 Å². The van der Waals surface area contributed by atoms with Gasteiger partial charge in [0.1, 0.15) is 18.1 Å². The molecule has 12 aromatic rings. The summed E-state index contributed by atoms with van der Waals surface area (Å²) in [7, 11) is 0. The molecule has 4 heterocycles. The van der Waals surface area contributed by atoms with Crippen molar-refractivity contribution >= 4 is 101 Å². The fraction of sp³-hybridized carbons (Fsp3) is 0.0725. The molecule has 0 unspecified atom stereocenters. The second kappa shape index (κ2) is 28.7. The lowest BCUT2D eigenvalue weighted by molar-refractivity contribution is -0.383. The van der Waals surface area contributed by atoms with Crippen molar-refractivity contribution in [2.75, 3.05) is 11.1 Å². The summed E-state index contributed by atoms with van der Waals surface area (Å²) in [6.45, 7) is 1.80. The fourth-order valence-electron chi connectivity index (χ4n) is 10.5. The number of non-ortho nitro benzene ring substituents is 2. The second-order valence-corrected chi connectivity index (χ2v) is 21.2. The van der Waals surface area contributed by atoms with E-state index in [0.717, 1.165) is 11.8 Å². The number of primary amides is 3. The van der Waals surface area contributed by atoms with Crippen LogP contribution in [0.15, 0.2) is 261 Å². The van der Waals surface area contributed by atoms with Gasteiger partial charge in [-0.25, -0.2) is 4.79 Å². The van der Waals surface area contributed by atoms with Crippen LogP contribution < -0.4 is 50.6 Å². The zero-order valence-corrected chi connectivity index (χ0v) is 49.8. The van der Waals surface area contributed by atoms with Crippen LogP contribution in [0.3, 0.4) is 0 Å². The van der Waals surface area contributed by atoms with Gasteiger partial charge in [-0.05, 0) is 102 Å². The molecule has 9 N–H and O–H groups in total. The normalized spacial score (nSPS) is 12.1. The summed E-state index contributed by atoms with van der Waals surface area (Å²) in [5.41, 5.74) is 24.3. The first-order chi connectivity index (χ1) is 44.7. The molecule has 0 saturated carbocycles. The number of hydrogen-bond acceptors (Lipinski definition) is 14. The summed E-state index contributed by atoms with van der Waals surface area (Å²) < 4.78 is 8.46. The Morgan fingerprint density at radius 3 is 1.26 bits per heavy atom. The standard InChI is InChI=1S/C26H22ClN3O3.C17H13N3O4.C17H15N3O2.C9H5NO4/c1-16(17-10-12-19(27)13-11-17)25(32)29-22-9-5-8-21-20(22)14-15-30(26(21)33)23(24(28)31)18-6-3-2-4-7-18;18-16(21)15(11-5-2-1-3-6-11)19-10-9-12-13(17(19)22)7-4-8-14(12)20(23)24;18-14-8-4-7-13-12(14)9-10-20(17(13)22)15(16(19)21)11-5-2-1-3-6-11;11-9-7-2-1-3-8(10(12)13)6(7)4-5-14-9/h2-16,23H,1H3,(H2,28,31)(H,29,32);1-10,15H,(H2,18,21);1-10,15H,18H2,(H2,19,21);1-5H/t16-,23+;2*15-;/m011./s1. The van der Waals surface area contributed by atoms with Crippen molar-refractivity contribution in [3.63, 3.8) is 0 Å². The first-order valence-electron chi connectivity index (χ1n) is 28.2. The molecule has 0 saturated heterocycles. The number of rotatable bonds is 14. The van der Waals surface area contributed by atoms with Crippen molar-refractivity contribution in [3.05, 3.63) is 326 Å². The van der Waals surface area contributed by atoms with Gasteiger partial charge in [0.2, 0.25) is 23.6 Å². The zero-order valence-electron chi connectivity index (χ0n) is 49.1. The minimum Gasteiger partial charge on any atom is -0.431 e. The average molecular weight is 1270 g/mol. The van der Waals surface area contributed by atoms with Gasteiger partial charge < -0.3 is 32.7 Å². The molecule has 466 valence electrons. The highest BCUT2D eigenvalue weighted by atomic mass is 35.5. The number of amides is 4. The zero-order chi connectivity index (χ0) is 66.6. The average Bonchev–Trinajstić information content (AvgIpc) is 0.836. The Morgan fingerprint density at radius 2 is 0.817 bits per heavy atom. The Morgan fingerprint density at radius 1 is 0.441 bits per heavy atom. The van der Waals surface area contributed by atoms with Crippen molar-refractivity contribution in [2.45, 2.75) is 31.0 Å². The Labute approximate surface area is 531 Å². The van der Waals surface area contributed by atoms with Crippen LogP contribution in [-0.2, 0) is 19.2 Å². The van der Waals surface area contributed by atoms with Crippen molar-refractivity contribution < 1.29 is 33.4 Å². The lowest BCUT2D eigenvalue weighted by Crippen LogP contribution is -2.34. The minimum atomic E-state index is -0.984. The van der Waals surface area contributed by atoms with Gasteiger partial charge in [0.15, 0.2) is 0 Å². The third-order valence-corrected chi connectivity index (χ3v) is 15.3. The number of carbonyl (C=O) groups excluding carboxylic acids is 4. The molecule has 12 rings (SSSR count). The second-order valence-electron chi connectivity index (χ2n) is 20.8. The van der Waals surface area contributed by atoms with Gasteiger partial charge >= 0.3 is 5.63 Å². The number of nitrogen functional groups attached to an aromatic ring is 1. The predicted octanol–water partition coefficient (Wildman–Crippen LogP) is 9.82. The smallest absolute Gasteiger partial charge is 0.343 e. The van der Waals surface area contributed by atoms with Crippen LogP contribution in [0.1, 0.15) is 53.2 Å². The Bertz CT molecular complexity index is 5080. The van der Waals surface area contributed by atoms with Gasteiger partial charge in [0.25, 0.3) is 28.1 Å². The maximum Gasteiger partial charge on any atom is 0.343 e. The molecule has 4 amide bonds. The number of nitrogens with one attached hydrogen (secondary N) is 1. The number of hydrogen-bond donors (Lipinski definition) is 5. The summed E-state index contributed by atoms with van der Waals surface area (Å²) in [6, 6.07) is 55.9. The number of nitrogens with zero attached hydrogens (tertiary/aromatic N) is 5. The van der Waals surface area contributed by atoms with Crippen LogP contribution >= 0.6 is 11.6 Å². The lowest BCUT2D eigenvalue weighted by atomic mass is 10.00. The van der Waals surface area contributed by atoms with E-state index in [-0.39, 0.29) is 44.6 Å². The minimum absolute atomic E-state index is 0.0876. The summed E-state index contributed by atoms with van der Waals surface area (Å²) in [5.74, 6) is -2.54. The number of nitrogens with two attached hydrogens (primary N) is 4. The van der Waals surface area contributed by atoms with Crippen LogP contribution in [0.5, 0.6) is 0 Å². The predicted molar refractivity (Wildman–Crippen MR) is 355 cm³/mol. The molecule has 0 radical (unpaired) electrons. The first kappa shape index (κ1) is 64.8. The number of anilines is 2. The number of fused-ring (bicyclic) bond motifs is 4. The van der Waals surface area contributed by atoms with Crippen molar-refractivity contribution in [1.29, 1.82) is 0 Å². The molecule has 0 aliphatic heterocycles. The van der Waals surface area contributed by atoms with Gasteiger partial charge in [-0.3, -0.25) is 67.5 Å². The molecule has 24 heteroatoms. The van der Waals surface area contributed by atoms with E-state index in [1.54, 1.807) is 153 Å². The summed E-state index contributed by atoms with van der Waals surface area (Å²) in [5, 5.41) is 28.2. The van der Waals surface area contributed by atoms with E-state index < -0.39 is 62.8 Å². The molecule has 0 aliphatic rings. The molecule has 93 heavy (non-hydrogen) atoms. The molecule has 4 atom stereocenters. The maximum atomic E-state index is 13.3. The number of carbonyl (C=O) groups is 4. The molecule has 0 spiro atoms. The molecular formula is C69H55ClN10O13. The van der Waals surface area contributed by atoms with E-state index in [2.05, 4.69) is 9.73 Å². The number of benzene rings is 8. The number of nitro benzene ring substituents is 2. The quantitative estimate of drug-likeness (QED) is 0.0384. The molecular weight excluding hydrogens is 1210 g/mol. The highest BCUT2D eigenvalue weighted by molar-refractivity contribution is 6.30. The summed E-state index contributed by atoms with van der Waals surface area (Å²) >= 11 is 5.94. The number of pyridine rings is 3. The van der Waals surface area contributed by atoms with Gasteiger partial charge in [-0.15, -0.1) is 0 Å². The number of halogens is 1. The summed E-state index contributed by atoms with van der Waals surface area (Å²) in [4.78, 5) is 119. The van der Waals surface area contributed by atoms with E-state index >= 15 is 0 Å². The van der Waals surface area contributed by atoms with Gasteiger partial charge in [-0.1, -0.05) is 139 Å². The third kappa shape index (κ3) is 14.3. The first-order valence-corrected chi connectivity index (χ1v) is 28.6. The monoisotopic (exact) mass is 1270 g/mol. The molecule has 4 aromatic heterocycles. The largest absolute Gasteiger partial charge is 0.431 e. The van der Waals surface area contributed by atoms with Crippen LogP contribution in [0.4, 0.5) is 22.7 Å². The molecule has 0 aliphatic carbocycles. The fourth-order valence-corrected chi connectivity index (χ4v) is 10.6. The topological polar surface area (TPSA) is 367 Å². The highest BCUT2D eigenvalue weighted by Gasteiger charge is 2.26. The maximum absolute atomic E-state index is 13.3. The van der Waals surface area contributed by atoms with E-state index in [0.29, 0.717) is 60.0 Å². The third-order valence-electron chi connectivity index (χ3n) is 15.0. The number of nitro groups is 2. The highest BCUT2D eigenvalue weighted by Crippen LogP contribution is 2.29. The van der Waals surface area contributed by atoms with Crippen molar-refractivity contribution in [2.24, 2.45) is 17.2 Å². The van der Waals surface area contributed by atoms with E-state index in [1.165, 1.54) is 74.6 Å². The van der Waals surface area contributed by atoms with Gasteiger partial charge in [-0.2, -0.15) is 0 Å². The van der Waals surface area contributed by atoms with E-state index in [1.807, 2.05) is 24.3 Å². The van der Waals surface area contributed by atoms with Crippen molar-refractivity contribution in [1.82, 2.24) is 13.7 Å². The van der Waals surface area contributed by atoms with Crippen LogP contribution in [0.25, 0.3) is 43.1 Å². The van der Waals surface area contributed by atoms with E-state index in [4.69, 9.17) is 34.5 Å². The lowest BCUT2D eigenvalue weighted by Gasteiger charge is -2.19. The molecule has 0 bridgehead atoms. The van der Waals surface area contributed by atoms with Crippen LogP contribution in [0, 0.1) is 20.2 Å².